The highest BCUT2D eigenvalue weighted by Gasteiger charge is 2.36. The molecule has 1 amide bonds. The third kappa shape index (κ3) is 4.33. The molecule has 0 saturated heterocycles. The molecule has 0 bridgehead atoms. The molecule has 1 aromatic heterocycles. The number of aromatic nitrogens is 1. The summed E-state index contributed by atoms with van der Waals surface area (Å²) in [4.78, 5) is 20.9. The number of nitrogens with zero attached hydrogens (tertiary/aromatic N) is 4. The van der Waals surface area contributed by atoms with E-state index >= 15 is 0 Å². The Morgan fingerprint density at radius 2 is 1.85 bits per heavy atom. The number of carbonyl (C=O) groups excluding carboxylic acids is 1. The molecule has 8 nitrogen and oxygen atoms in total. The van der Waals surface area contributed by atoms with Crippen molar-refractivity contribution >= 4 is 39.8 Å². The van der Waals surface area contributed by atoms with Gasteiger partial charge in [-0.05, 0) is 53.2 Å². The number of pyridine rings is 1. The van der Waals surface area contributed by atoms with Crippen molar-refractivity contribution in [3.8, 4) is 11.5 Å². The summed E-state index contributed by atoms with van der Waals surface area (Å²) < 4.78 is 11.4. The van der Waals surface area contributed by atoms with Crippen molar-refractivity contribution in [1.82, 2.24) is 9.99 Å². The van der Waals surface area contributed by atoms with Gasteiger partial charge in [0.15, 0.2) is 17.3 Å². The third-order valence-corrected chi connectivity index (χ3v) is 6.08. The molecule has 0 spiro atoms. The zero-order valence-corrected chi connectivity index (χ0v) is 19.0. The average Bonchev–Trinajstić information content (AvgIpc) is 3.31. The minimum absolute atomic E-state index is 0.0325. The monoisotopic (exact) mass is 469 g/mol. The van der Waals surface area contributed by atoms with Crippen LogP contribution in [-0.4, -0.2) is 39.1 Å². The van der Waals surface area contributed by atoms with Crippen LogP contribution in [0.3, 0.4) is 0 Å². The number of thioether (sulfide) groups is 1. The molecule has 0 fully saturated rings. The standard InChI is InChI=1S/C25H19N5O3S/c1-32-21-14-17(7-8-20(21)33-15-16-5-3-2-4-6-16)13-19-22(26)30-25(28-23(19)31)34-24(29-30)18-9-11-27-12-10-18/h2-14,26H,15H2,1H3. The third-order valence-electron chi connectivity index (χ3n) is 5.12. The van der Waals surface area contributed by atoms with Gasteiger partial charge < -0.3 is 9.47 Å². The number of amidine groups is 2. The van der Waals surface area contributed by atoms with Crippen molar-refractivity contribution in [3.05, 3.63) is 95.3 Å². The quantitative estimate of drug-likeness (QED) is 0.539. The van der Waals surface area contributed by atoms with Crippen LogP contribution in [0.4, 0.5) is 0 Å². The molecule has 9 heteroatoms. The summed E-state index contributed by atoms with van der Waals surface area (Å²) in [6.45, 7) is 0.405. The van der Waals surface area contributed by atoms with Crippen LogP contribution in [0.2, 0.25) is 0 Å². The lowest BCUT2D eigenvalue weighted by molar-refractivity contribution is -0.114. The van der Waals surface area contributed by atoms with Crippen LogP contribution in [0.25, 0.3) is 6.08 Å². The van der Waals surface area contributed by atoms with Gasteiger partial charge in [0.25, 0.3) is 5.91 Å². The first-order chi connectivity index (χ1) is 16.6. The van der Waals surface area contributed by atoms with Crippen molar-refractivity contribution < 1.29 is 14.3 Å². The number of ether oxygens (including phenoxy) is 2. The van der Waals surface area contributed by atoms with Gasteiger partial charge in [-0.2, -0.15) is 15.1 Å². The fraction of sp³-hybridized carbons (Fsp3) is 0.0800. The van der Waals surface area contributed by atoms with Gasteiger partial charge in [0.2, 0.25) is 5.17 Å². The van der Waals surface area contributed by atoms with E-state index in [1.807, 2.05) is 42.5 Å². The van der Waals surface area contributed by atoms with Crippen LogP contribution in [-0.2, 0) is 11.4 Å². The molecule has 1 N–H and O–H groups in total. The Morgan fingerprint density at radius 3 is 2.62 bits per heavy atom. The van der Waals surface area contributed by atoms with Gasteiger partial charge in [-0.15, -0.1) is 0 Å². The molecule has 168 valence electrons. The number of hydrazone groups is 1. The number of hydrogen-bond donors (Lipinski definition) is 1. The molecule has 0 saturated carbocycles. The summed E-state index contributed by atoms with van der Waals surface area (Å²) in [6.07, 6.45) is 4.94. The number of fused-ring (bicyclic) bond motifs is 1. The largest absolute Gasteiger partial charge is 0.493 e. The maximum Gasteiger partial charge on any atom is 0.283 e. The Bertz CT molecular complexity index is 1350. The highest BCUT2D eigenvalue weighted by Crippen LogP contribution is 2.33. The smallest absolute Gasteiger partial charge is 0.283 e. The normalized spacial score (nSPS) is 16.3. The van der Waals surface area contributed by atoms with Gasteiger partial charge >= 0.3 is 0 Å². The number of rotatable bonds is 6. The number of nitrogens with one attached hydrogen (secondary N) is 1. The van der Waals surface area contributed by atoms with Crippen molar-refractivity contribution in [3.63, 3.8) is 0 Å². The molecular formula is C25H19N5O3S. The van der Waals surface area contributed by atoms with Gasteiger partial charge in [-0.1, -0.05) is 36.4 Å². The van der Waals surface area contributed by atoms with Crippen LogP contribution < -0.4 is 9.47 Å². The predicted molar refractivity (Wildman–Crippen MR) is 132 cm³/mol. The molecule has 2 aliphatic rings. The maximum atomic E-state index is 12.7. The first-order valence-electron chi connectivity index (χ1n) is 10.4. The summed E-state index contributed by atoms with van der Waals surface area (Å²) in [5, 5.41) is 15.4. The van der Waals surface area contributed by atoms with Crippen LogP contribution in [0, 0.1) is 5.41 Å². The van der Waals surface area contributed by atoms with Crippen LogP contribution in [0.1, 0.15) is 16.7 Å². The maximum absolute atomic E-state index is 12.7. The second-order valence-corrected chi connectivity index (χ2v) is 8.30. The lowest BCUT2D eigenvalue weighted by atomic mass is 10.1. The second-order valence-electron chi connectivity index (χ2n) is 7.35. The van der Waals surface area contributed by atoms with Gasteiger partial charge in [0, 0.05) is 18.0 Å². The lowest BCUT2D eigenvalue weighted by Gasteiger charge is -2.20. The molecule has 34 heavy (non-hydrogen) atoms. The zero-order valence-electron chi connectivity index (χ0n) is 18.1. The molecule has 0 radical (unpaired) electrons. The zero-order chi connectivity index (χ0) is 23.5. The van der Waals surface area contributed by atoms with E-state index in [1.165, 1.54) is 16.8 Å². The van der Waals surface area contributed by atoms with E-state index in [0.29, 0.717) is 33.9 Å². The molecule has 5 rings (SSSR count). The minimum Gasteiger partial charge on any atom is -0.493 e. The Labute approximate surface area is 200 Å². The summed E-state index contributed by atoms with van der Waals surface area (Å²) in [7, 11) is 1.56. The van der Waals surface area contributed by atoms with Crippen LogP contribution >= 0.6 is 11.8 Å². The van der Waals surface area contributed by atoms with E-state index in [1.54, 1.807) is 43.8 Å². The SMILES string of the molecule is COc1cc(C=C2C(=N)N3N=C(c4ccncc4)SC3=NC2=O)ccc1OCc1ccccc1. The summed E-state index contributed by atoms with van der Waals surface area (Å²) in [6, 6.07) is 18.8. The highest BCUT2D eigenvalue weighted by atomic mass is 32.2. The molecular weight excluding hydrogens is 450 g/mol. The second kappa shape index (κ2) is 9.32. The Balaban J connectivity index is 1.38. The fourth-order valence-corrected chi connectivity index (χ4v) is 4.29. The summed E-state index contributed by atoms with van der Waals surface area (Å²) >= 11 is 1.25. The van der Waals surface area contributed by atoms with E-state index in [2.05, 4.69) is 15.1 Å². The van der Waals surface area contributed by atoms with Crippen molar-refractivity contribution in [2.75, 3.05) is 7.11 Å². The molecule has 0 aliphatic carbocycles. The Kier molecular flexibility index (Phi) is 5.92. The van der Waals surface area contributed by atoms with Gasteiger partial charge in [-0.3, -0.25) is 15.2 Å². The van der Waals surface area contributed by atoms with Gasteiger partial charge in [-0.25, -0.2) is 0 Å². The van der Waals surface area contributed by atoms with Gasteiger partial charge in [0.05, 0.1) is 12.7 Å². The van der Waals surface area contributed by atoms with Crippen LogP contribution in [0.5, 0.6) is 11.5 Å². The molecule has 0 atom stereocenters. The molecule has 3 aromatic rings. The van der Waals surface area contributed by atoms with E-state index in [9.17, 15) is 4.79 Å². The van der Waals surface area contributed by atoms with Crippen molar-refractivity contribution in [1.29, 1.82) is 5.41 Å². The van der Waals surface area contributed by atoms with Crippen LogP contribution in [0.15, 0.2) is 88.7 Å². The molecule has 0 unspecified atom stereocenters. The van der Waals surface area contributed by atoms with E-state index in [-0.39, 0.29) is 11.4 Å². The highest BCUT2D eigenvalue weighted by molar-refractivity contribution is 8.27. The molecule has 2 aromatic carbocycles. The molecule has 2 aliphatic heterocycles. The van der Waals surface area contributed by atoms with Gasteiger partial charge in [0.1, 0.15) is 11.7 Å². The number of hydrogen-bond acceptors (Lipinski definition) is 7. The average molecular weight is 470 g/mol. The number of carbonyl (C=O) groups is 1. The topological polar surface area (TPSA) is 100 Å². The summed E-state index contributed by atoms with van der Waals surface area (Å²) in [5.41, 5.74) is 2.71. The van der Waals surface area contributed by atoms with E-state index < -0.39 is 5.91 Å². The fourth-order valence-electron chi connectivity index (χ4n) is 3.40. The Morgan fingerprint density at radius 1 is 1.06 bits per heavy atom. The van der Waals surface area contributed by atoms with Crippen molar-refractivity contribution in [2.45, 2.75) is 6.61 Å². The summed E-state index contributed by atoms with van der Waals surface area (Å²) in [5.74, 6) is 0.591. The lowest BCUT2D eigenvalue weighted by Crippen LogP contribution is -2.35. The number of methoxy groups -OCH3 is 1. The number of amides is 1. The number of aliphatic imine (C=N–C) groups is 1. The first-order valence-corrected chi connectivity index (χ1v) is 11.2. The van der Waals surface area contributed by atoms with E-state index in [4.69, 9.17) is 14.9 Å². The minimum atomic E-state index is -0.488. The van der Waals surface area contributed by atoms with Crippen molar-refractivity contribution in [2.24, 2.45) is 10.1 Å². The first kappa shape index (κ1) is 21.6. The Hall–Kier alpha value is -4.24. The molecule has 3 heterocycles. The predicted octanol–water partition coefficient (Wildman–Crippen LogP) is 4.34. The number of benzene rings is 2. The van der Waals surface area contributed by atoms with E-state index in [0.717, 1.165) is 11.1 Å².